The molecule has 1 aromatic carbocycles. The average molecular weight is 351 g/mol. The topological polar surface area (TPSA) is 27.7 Å². The van der Waals surface area contributed by atoms with Gasteiger partial charge in [0.15, 0.2) is 5.11 Å². The van der Waals surface area contributed by atoms with Crippen LogP contribution in [0.5, 0.6) is 0 Å². The monoisotopic (exact) mass is 351 g/mol. The molecule has 3 rings (SSSR count). The molecule has 0 saturated carbocycles. The number of morpholine rings is 1. The van der Waals surface area contributed by atoms with Gasteiger partial charge in [-0.25, -0.2) is 4.39 Å². The van der Waals surface area contributed by atoms with Gasteiger partial charge in [-0.05, 0) is 56.1 Å². The Morgan fingerprint density at radius 2 is 2.08 bits per heavy atom. The van der Waals surface area contributed by atoms with Gasteiger partial charge in [0.2, 0.25) is 0 Å². The van der Waals surface area contributed by atoms with E-state index in [1.54, 1.807) is 6.07 Å². The van der Waals surface area contributed by atoms with Crippen LogP contribution in [-0.4, -0.2) is 60.3 Å². The molecule has 1 N–H and O–H groups in total. The molecule has 132 valence electrons. The quantitative estimate of drug-likeness (QED) is 0.842. The summed E-state index contributed by atoms with van der Waals surface area (Å²) in [4.78, 5) is 4.77. The Hall–Kier alpha value is -1.24. The molecular weight excluding hydrogens is 325 g/mol. The number of hydrogen-bond donors (Lipinski definition) is 1. The number of nitrogens with one attached hydrogen (secondary N) is 1. The second-order valence-corrected chi connectivity index (χ2v) is 6.91. The van der Waals surface area contributed by atoms with Crippen LogP contribution >= 0.6 is 12.2 Å². The molecule has 2 heterocycles. The van der Waals surface area contributed by atoms with Crippen LogP contribution in [0.1, 0.15) is 25.7 Å². The Labute approximate surface area is 149 Å². The third-order valence-electron chi connectivity index (χ3n) is 4.85. The van der Waals surface area contributed by atoms with Crippen molar-refractivity contribution >= 4 is 23.0 Å². The third-order valence-corrected chi connectivity index (χ3v) is 5.18. The number of rotatable bonds is 4. The van der Waals surface area contributed by atoms with Gasteiger partial charge in [-0.15, -0.1) is 0 Å². The fraction of sp³-hybridized carbons (Fsp3) is 0.611. The Morgan fingerprint density at radius 3 is 2.88 bits per heavy atom. The Balaban J connectivity index is 1.55. The van der Waals surface area contributed by atoms with Crippen molar-refractivity contribution < 1.29 is 9.13 Å². The number of benzene rings is 1. The summed E-state index contributed by atoms with van der Waals surface area (Å²) in [7, 11) is 0. The molecule has 0 radical (unpaired) electrons. The smallest absolute Gasteiger partial charge is 0.173 e. The fourth-order valence-electron chi connectivity index (χ4n) is 3.49. The van der Waals surface area contributed by atoms with E-state index >= 15 is 0 Å². The summed E-state index contributed by atoms with van der Waals surface area (Å²) in [5.74, 6) is -0.245. The van der Waals surface area contributed by atoms with Crippen LogP contribution in [-0.2, 0) is 4.74 Å². The predicted octanol–water partition coefficient (Wildman–Crippen LogP) is 3.10. The molecule has 4 nitrogen and oxygen atoms in total. The lowest BCUT2D eigenvalue weighted by Crippen LogP contribution is -2.47. The van der Waals surface area contributed by atoms with Gasteiger partial charge >= 0.3 is 0 Å². The van der Waals surface area contributed by atoms with Crippen molar-refractivity contribution in [2.24, 2.45) is 0 Å². The molecule has 0 spiro atoms. The van der Waals surface area contributed by atoms with E-state index < -0.39 is 0 Å². The van der Waals surface area contributed by atoms with Crippen LogP contribution in [0.4, 0.5) is 10.1 Å². The van der Waals surface area contributed by atoms with Crippen LogP contribution in [0.15, 0.2) is 24.3 Å². The molecule has 2 aliphatic rings. The molecule has 0 unspecified atom stereocenters. The standard InChI is InChI=1S/C18H26FN3OS/c19-15-4-3-5-16(14-15)20-18(24)22-8-2-1-6-17(22)7-9-21-10-12-23-13-11-21/h3-5,14,17H,1-2,6-13H2,(H,20,24)/t17-/m1/s1. The highest BCUT2D eigenvalue weighted by atomic mass is 32.1. The van der Waals surface area contributed by atoms with Crippen LogP contribution in [0.25, 0.3) is 0 Å². The summed E-state index contributed by atoms with van der Waals surface area (Å²) in [5.41, 5.74) is 0.720. The average Bonchev–Trinajstić information content (AvgIpc) is 2.61. The minimum atomic E-state index is -0.245. The van der Waals surface area contributed by atoms with Crippen molar-refractivity contribution in [3.63, 3.8) is 0 Å². The number of halogens is 1. The van der Waals surface area contributed by atoms with Gasteiger partial charge in [0, 0.05) is 37.9 Å². The Morgan fingerprint density at radius 1 is 1.25 bits per heavy atom. The first-order valence-electron chi connectivity index (χ1n) is 8.86. The Bertz CT molecular complexity index is 551. The number of anilines is 1. The van der Waals surface area contributed by atoms with Crippen LogP contribution in [0.2, 0.25) is 0 Å². The van der Waals surface area contributed by atoms with Gasteiger partial charge in [0.05, 0.1) is 13.2 Å². The maximum atomic E-state index is 13.4. The van der Waals surface area contributed by atoms with Crippen molar-refractivity contribution in [1.82, 2.24) is 9.80 Å². The first kappa shape index (κ1) is 17.6. The highest BCUT2D eigenvalue weighted by molar-refractivity contribution is 7.80. The highest BCUT2D eigenvalue weighted by Gasteiger charge is 2.25. The maximum Gasteiger partial charge on any atom is 0.173 e. The highest BCUT2D eigenvalue weighted by Crippen LogP contribution is 2.22. The molecular formula is C18H26FN3OS. The van der Waals surface area contributed by atoms with Gasteiger partial charge in [0.25, 0.3) is 0 Å². The molecule has 2 saturated heterocycles. The zero-order valence-corrected chi connectivity index (χ0v) is 14.9. The van der Waals surface area contributed by atoms with E-state index in [1.165, 1.54) is 31.4 Å². The summed E-state index contributed by atoms with van der Waals surface area (Å²) < 4.78 is 18.8. The van der Waals surface area contributed by atoms with E-state index in [2.05, 4.69) is 15.1 Å². The van der Waals surface area contributed by atoms with E-state index in [0.717, 1.165) is 51.5 Å². The van der Waals surface area contributed by atoms with Gasteiger partial charge in [-0.3, -0.25) is 4.90 Å². The largest absolute Gasteiger partial charge is 0.379 e. The molecule has 2 fully saturated rings. The van der Waals surface area contributed by atoms with Gasteiger partial charge in [0.1, 0.15) is 5.82 Å². The lowest BCUT2D eigenvalue weighted by Gasteiger charge is -2.39. The van der Waals surface area contributed by atoms with Crippen molar-refractivity contribution in [2.45, 2.75) is 31.7 Å². The molecule has 1 aromatic rings. The summed E-state index contributed by atoms with van der Waals surface area (Å²) in [5, 5.41) is 3.92. The number of piperidine rings is 1. The molecule has 6 heteroatoms. The number of hydrogen-bond acceptors (Lipinski definition) is 3. The Kier molecular flexibility index (Phi) is 6.40. The maximum absolute atomic E-state index is 13.4. The van der Waals surface area contributed by atoms with Crippen molar-refractivity contribution in [2.75, 3.05) is 44.7 Å². The minimum Gasteiger partial charge on any atom is -0.379 e. The normalized spacial score (nSPS) is 22.4. The SMILES string of the molecule is Fc1cccc(NC(=S)N2CCCC[C@@H]2CCN2CCOCC2)c1. The zero-order chi connectivity index (χ0) is 16.8. The van der Waals surface area contributed by atoms with Crippen LogP contribution in [0.3, 0.4) is 0 Å². The number of thiocarbonyl (C=S) groups is 1. The second-order valence-electron chi connectivity index (χ2n) is 6.53. The van der Waals surface area contributed by atoms with Crippen LogP contribution in [0, 0.1) is 5.82 Å². The number of likely N-dealkylation sites (tertiary alicyclic amines) is 1. The summed E-state index contributed by atoms with van der Waals surface area (Å²) in [6.07, 6.45) is 4.71. The summed E-state index contributed by atoms with van der Waals surface area (Å²) in [6, 6.07) is 6.95. The third kappa shape index (κ3) is 4.88. The minimum absolute atomic E-state index is 0.245. The van der Waals surface area contributed by atoms with Gasteiger partial charge in [-0.2, -0.15) is 0 Å². The lowest BCUT2D eigenvalue weighted by atomic mass is 9.99. The fourth-order valence-corrected chi connectivity index (χ4v) is 3.84. The van der Waals surface area contributed by atoms with E-state index in [0.29, 0.717) is 11.2 Å². The molecule has 24 heavy (non-hydrogen) atoms. The van der Waals surface area contributed by atoms with E-state index in [4.69, 9.17) is 17.0 Å². The lowest BCUT2D eigenvalue weighted by molar-refractivity contribution is 0.0338. The number of nitrogens with zero attached hydrogens (tertiary/aromatic N) is 2. The molecule has 1 atom stereocenters. The summed E-state index contributed by atoms with van der Waals surface area (Å²) >= 11 is 5.61. The van der Waals surface area contributed by atoms with E-state index in [1.807, 2.05) is 6.07 Å². The number of ether oxygens (including phenoxy) is 1. The summed E-state index contributed by atoms with van der Waals surface area (Å²) in [6.45, 7) is 5.81. The van der Waals surface area contributed by atoms with Crippen molar-refractivity contribution in [3.8, 4) is 0 Å². The zero-order valence-electron chi connectivity index (χ0n) is 14.0. The van der Waals surface area contributed by atoms with Gasteiger partial charge in [-0.1, -0.05) is 6.07 Å². The molecule has 2 aliphatic heterocycles. The first-order chi connectivity index (χ1) is 11.7. The van der Waals surface area contributed by atoms with E-state index in [9.17, 15) is 4.39 Å². The van der Waals surface area contributed by atoms with Crippen LogP contribution < -0.4 is 5.32 Å². The predicted molar refractivity (Wildman–Crippen MR) is 98.8 cm³/mol. The van der Waals surface area contributed by atoms with Crippen molar-refractivity contribution in [3.05, 3.63) is 30.1 Å². The molecule has 0 bridgehead atoms. The molecule has 0 aromatic heterocycles. The van der Waals surface area contributed by atoms with Gasteiger partial charge < -0.3 is 15.0 Å². The first-order valence-corrected chi connectivity index (χ1v) is 9.26. The van der Waals surface area contributed by atoms with Crippen molar-refractivity contribution in [1.29, 1.82) is 0 Å². The second kappa shape index (κ2) is 8.74. The molecule has 0 amide bonds. The van der Waals surface area contributed by atoms with E-state index in [-0.39, 0.29) is 5.82 Å². The molecule has 0 aliphatic carbocycles.